The van der Waals surface area contributed by atoms with Crippen LogP contribution in [0.5, 0.6) is 0 Å². The Morgan fingerprint density at radius 3 is 2.15 bits per heavy atom. The van der Waals surface area contributed by atoms with Crippen LogP contribution in [0.25, 0.3) is 0 Å². The summed E-state index contributed by atoms with van der Waals surface area (Å²) in [5, 5.41) is 2.75. The van der Waals surface area contributed by atoms with Gasteiger partial charge in [-0.2, -0.15) is 0 Å². The van der Waals surface area contributed by atoms with E-state index < -0.39 is 29.9 Å². The molecule has 0 bridgehead atoms. The molecule has 8 heteroatoms. The number of nitrogens with zero attached hydrogens (tertiary/aromatic N) is 2. The Morgan fingerprint density at radius 1 is 1.00 bits per heavy atom. The van der Waals surface area contributed by atoms with Gasteiger partial charge in [0, 0.05) is 6.54 Å². The molecule has 2 atom stereocenters. The second-order valence-corrected chi connectivity index (χ2v) is 8.90. The maximum absolute atomic E-state index is 13.4. The van der Waals surface area contributed by atoms with Gasteiger partial charge in [0.2, 0.25) is 11.8 Å². The van der Waals surface area contributed by atoms with Gasteiger partial charge in [0.1, 0.15) is 12.1 Å². The predicted octanol–water partition coefficient (Wildman–Crippen LogP) is 2.12. The molecule has 0 spiro atoms. The Hall–Kier alpha value is -3.68. The zero-order chi connectivity index (χ0) is 24.7. The van der Waals surface area contributed by atoms with Crippen molar-refractivity contribution in [1.29, 1.82) is 0 Å². The van der Waals surface area contributed by atoms with Gasteiger partial charge in [-0.15, -0.1) is 0 Å². The Kier molecular flexibility index (Phi) is 8.40. The number of hydrogen-bond acceptors (Lipinski definition) is 4. The van der Waals surface area contributed by atoms with Gasteiger partial charge in [-0.3, -0.25) is 14.4 Å². The Morgan fingerprint density at radius 2 is 1.59 bits per heavy atom. The molecule has 1 saturated heterocycles. The summed E-state index contributed by atoms with van der Waals surface area (Å²) < 4.78 is 0. The number of imide groups is 1. The first-order valence-corrected chi connectivity index (χ1v) is 11.6. The molecule has 0 radical (unpaired) electrons. The van der Waals surface area contributed by atoms with Crippen molar-refractivity contribution in [1.82, 2.24) is 15.1 Å². The second kappa shape index (κ2) is 11.4. The van der Waals surface area contributed by atoms with E-state index in [2.05, 4.69) is 5.32 Å². The molecular formula is C26H32N4O4. The summed E-state index contributed by atoms with van der Waals surface area (Å²) in [5.74, 6) is -1.98. The molecule has 3 N–H and O–H groups in total. The highest BCUT2D eigenvalue weighted by Gasteiger charge is 2.46. The molecule has 0 aliphatic carbocycles. The van der Waals surface area contributed by atoms with E-state index in [9.17, 15) is 19.2 Å². The molecule has 0 aromatic heterocycles. The molecule has 2 aromatic rings. The van der Waals surface area contributed by atoms with E-state index >= 15 is 0 Å². The number of carbonyl (C=O) groups is 4. The molecule has 34 heavy (non-hydrogen) atoms. The Bertz CT molecular complexity index is 1010. The Labute approximate surface area is 200 Å². The lowest BCUT2D eigenvalue weighted by atomic mass is 10.0. The lowest BCUT2D eigenvalue weighted by Crippen LogP contribution is -2.56. The van der Waals surface area contributed by atoms with Crippen LogP contribution in [0.3, 0.4) is 0 Å². The monoisotopic (exact) mass is 464 g/mol. The smallest absolute Gasteiger partial charge is 0.327 e. The highest BCUT2D eigenvalue weighted by atomic mass is 16.2. The van der Waals surface area contributed by atoms with Crippen molar-refractivity contribution >= 4 is 23.8 Å². The van der Waals surface area contributed by atoms with Crippen molar-refractivity contribution in [2.45, 2.75) is 45.2 Å². The zero-order valence-electron chi connectivity index (χ0n) is 19.6. The third kappa shape index (κ3) is 6.21. The predicted molar refractivity (Wildman–Crippen MR) is 128 cm³/mol. The van der Waals surface area contributed by atoms with Crippen LogP contribution < -0.4 is 11.1 Å². The number of nitrogens with one attached hydrogen (secondary N) is 1. The summed E-state index contributed by atoms with van der Waals surface area (Å²) >= 11 is 0. The van der Waals surface area contributed by atoms with E-state index in [4.69, 9.17) is 5.73 Å². The first-order valence-electron chi connectivity index (χ1n) is 11.6. The number of rotatable bonds is 10. The molecule has 3 rings (SSSR count). The van der Waals surface area contributed by atoms with Gasteiger partial charge < -0.3 is 16.0 Å². The second-order valence-electron chi connectivity index (χ2n) is 8.90. The molecule has 0 saturated carbocycles. The molecule has 1 unspecified atom stereocenters. The quantitative estimate of drug-likeness (QED) is 0.561. The fourth-order valence-electron chi connectivity index (χ4n) is 4.09. The summed E-state index contributed by atoms with van der Waals surface area (Å²) in [6, 6.07) is 16.5. The minimum absolute atomic E-state index is 0.0530. The average Bonchev–Trinajstić information content (AvgIpc) is 3.14. The van der Waals surface area contributed by atoms with Gasteiger partial charge in [-0.25, -0.2) is 9.69 Å². The zero-order valence-corrected chi connectivity index (χ0v) is 19.6. The number of carbonyl (C=O) groups excluding carboxylic acids is 4. The van der Waals surface area contributed by atoms with Crippen molar-refractivity contribution in [3.05, 3.63) is 71.8 Å². The highest BCUT2D eigenvalue weighted by molar-refractivity contribution is 6.04. The minimum Gasteiger partial charge on any atom is -0.368 e. The van der Waals surface area contributed by atoms with Crippen LogP contribution in [0, 0.1) is 5.92 Å². The molecular weight excluding hydrogens is 432 g/mol. The molecule has 180 valence electrons. The molecule has 2 aromatic carbocycles. The maximum atomic E-state index is 13.4. The van der Waals surface area contributed by atoms with E-state index in [0.29, 0.717) is 13.0 Å². The van der Waals surface area contributed by atoms with Crippen LogP contribution >= 0.6 is 0 Å². The van der Waals surface area contributed by atoms with Crippen LogP contribution in [-0.2, 0) is 27.2 Å². The normalized spacial score (nSPS) is 16.6. The lowest BCUT2D eigenvalue weighted by molar-refractivity contribution is -0.138. The lowest BCUT2D eigenvalue weighted by Gasteiger charge is -2.28. The number of primary amides is 1. The minimum atomic E-state index is -1.07. The van der Waals surface area contributed by atoms with Crippen LogP contribution in [0.1, 0.15) is 31.4 Å². The number of hydrogen-bond donors (Lipinski definition) is 2. The summed E-state index contributed by atoms with van der Waals surface area (Å²) in [7, 11) is 0. The molecule has 1 aliphatic rings. The van der Waals surface area contributed by atoms with Gasteiger partial charge in [0.05, 0.1) is 13.0 Å². The summed E-state index contributed by atoms with van der Waals surface area (Å²) in [4.78, 5) is 53.7. The van der Waals surface area contributed by atoms with Gasteiger partial charge in [0.15, 0.2) is 0 Å². The van der Waals surface area contributed by atoms with Crippen LogP contribution in [0.2, 0.25) is 0 Å². The van der Waals surface area contributed by atoms with E-state index in [1.165, 1.54) is 4.90 Å². The molecule has 1 fully saturated rings. The summed E-state index contributed by atoms with van der Waals surface area (Å²) in [5.41, 5.74) is 7.51. The van der Waals surface area contributed by atoms with Crippen molar-refractivity contribution in [3.8, 4) is 0 Å². The van der Waals surface area contributed by atoms with Gasteiger partial charge in [0.25, 0.3) is 5.91 Å². The topological polar surface area (TPSA) is 113 Å². The van der Waals surface area contributed by atoms with Crippen LogP contribution in [-0.4, -0.2) is 58.7 Å². The summed E-state index contributed by atoms with van der Waals surface area (Å²) in [6.45, 7) is 4.01. The first kappa shape index (κ1) is 25.0. The third-order valence-electron chi connectivity index (χ3n) is 5.94. The molecule has 1 heterocycles. The van der Waals surface area contributed by atoms with Crippen LogP contribution in [0.4, 0.5) is 4.79 Å². The number of urea groups is 1. The van der Waals surface area contributed by atoms with Gasteiger partial charge in [-0.05, 0) is 29.9 Å². The average molecular weight is 465 g/mol. The third-order valence-corrected chi connectivity index (χ3v) is 5.94. The van der Waals surface area contributed by atoms with Crippen molar-refractivity contribution < 1.29 is 19.2 Å². The van der Waals surface area contributed by atoms with Crippen LogP contribution in [0.15, 0.2) is 60.7 Å². The fourth-order valence-corrected chi connectivity index (χ4v) is 4.09. The highest BCUT2D eigenvalue weighted by Crippen LogP contribution is 2.20. The number of benzene rings is 2. The molecule has 5 amide bonds. The van der Waals surface area contributed by atoms with E-state index in [0.717, 1.165) is 22.4 Å². The fraction of sp³-hybridized carbons (Fsp3) is 0.385. The molecule has 8 nitrogen and oxygen atoms in total. The Balaban J connectivity index is 1.67. The molecule has 1 aliphatic heterocycles. The largest absolute Gasteiger partial charge is 0.368 e. The van der Waals surface area contributed by atoms with E-state index in [1.54, 1.807) is 13.8 Å². The van der Waals surface area contributed by atoms with E-state index in [-0.39, 0.29) is 24.8 Å². The van der Waals surface area contributed by atoms with Gasteiger partial charge >= 0.3 is 6.03 Å². The van der Waals surface area contributed by atoms with Crippen molar-refractivity contribution in [2.75, 3.05) is 13.1 Å². The first-order chi connectivity index (χ1) is 16.3. The summed E-state index contributed by atoms with van der Waals surface area (Å²) in [6.07, 6.45) is 1.56. The number of amides is 5. The van der Waals surface area contributed by atoms with Crippen molar-refractivity contribution in [3.63, 3.8) is 0 Å². The SMILES string of the molecule is CC(C)[C@H](NC(=O)Cc1ccccc1)C(=O)N1C(=O)N(CCCc2ccccc2)CC1C(N)=O. The number of nitrogens with two attached hydrogens (primary N) is 1. The number of aryl methyl sites for hydroxylation is 1. The van der Waals surface area contributed by atoms with E-state index in [1.807, 2.05) is 60.7 Å². The standard InChI is InChI=1S/C26H32N4O4/c1-18(2)23(28-22(31)16-20-12-7-4-8-13-20)25(33)30-21(24(27)32)17-29(26(30)34)15-9-14-19-10-5-3-6-11-19/h3-8,10-13,18,21,23H,9,14-17H2,1-2H3,(H2,27,32)(H,28,31)/t21?,23-/m0/s1. The maximum Gasteiger partial charge on any atom is 0.327 e. The van der Waals surface area contributed by atoms with Crippen molar-refractivity contribution in [2.24, 2.45) is 11.7 Å². The van der Waals surface area contributed by atoms with Gasteiger partial charge in [-0.1, -0.05) is 74.5 Å².